The molecule has 0 radical (unpaired) electrons. The first-order valence-electron chi connectivity index (χ1n) is 9.03. The zero-order chi connectivity index (χ0) is 16.5. The summed E-state index contributed by atoms with van der Waals surface area (Å²) in [6.45, 7) is 4.20. The van der Waals surface area contributed by atoms with Crippen LogP contribution in [0.1, 0.15) is 30.1 Å². The van der Waals surface area contributed by atoms with E-state index in [1.54, 1.807) is 0 Å². The third kappa shape index (κ3) is 2.82. The van der Waals surface area contributed by atoms with Crippen molar-refractivity contribution in [1.82, 2.24) is 20.4 Å². The van der Waals surface area contributed by atoms with E-state index in [9.17, 15) is 0 Å². The summed E-state index contributed by atoms with van der Waals surface area (Å²) in [5.74, 6) is 0. The van der Waals surface area contributed by atoms with Crippen molar-refractivity contribution in [2.45, 2.75) is 31.8 Å². The van der Waals surface area contributed by atoms with Gasteiger partial charge in [0.05, 0.1) is 11.7 Å². The lowest BCUT2D eigenvalue weighted by molar-refractivity contribution is 0.333. The van der Waals surface area contributed by atoms with Gasteiger partial charge in [0.15, 0.2) is 0 Å². The highest BCUT2D eigenvalue weighted by Gasteiger charge is 2.26. The minimum atomic E-state index is 0.549. The molecular weight excluding hydrogens is 298 g/mol. The molecule has 2 aromatic rings. The zero-order valence-corrected chi connectivity index (χ0v) is 14.7. The highest BCUT2D eigenvalue weighted by Crippen LogP contribution is 2.32. The summed E-state index contributed by atoms with van der Waals surface area (Å²) in [6, 6.07) is 9.33. The molecule has 5 heteroatoms. The monoisotopic (exact) mass is 325 g/mol. The summed E-state index contributed by atoms with van der Waals surface area (Å²) in [6.07, 6.45) is 3.45. The molecule has 1 aromatic carbocycles. The molecule has 24 heavy (non-hydrogen) atoms. The molecule has 5 nitrogen and oxygen atoms in total. The number of nitrogens with zero attached hydrogens (tertiary/aromatic N) is 3. The van der Waals surface area contributed by atoms with Crippen molar-refractivity contribution in [2.24, 2.45) is 0 Å². The Kier molecular flexibility index (Phi) is 4.29. The molecule has 1 fully saturated rings. The van der Waals surface area contributed by atoms with E-state index in [2.05, 4.69) is 58.6 Å². The van der Waals surface area contributed by atoms with Gasteiger partial charge in [0.2, 0.25) is 0 Å². The summed E-state index contributed by atoms with van der Waals surface area (Å²) < 4.78 is 2.35. The van der Waals surface area contributed by atoms with Gasteiger partial charge in [-0.3, -0.25) is 4.68 Å². The lowest BCUT2D eigenvalue weighted by atomic mass is 10.0. The van der Waals surface area contributed by atoms with E-state index in [1.165, 1.54) is 41.0 Å². The molecule has 2 aliphatic rings. The molecule has 2 N–H and O–H groups in total. The Morgan fingerprint density at radius 1 is 1.04 bits per heavy atom. The average molecular weight is 325 g/mol. The van der Waals surface area contributed by atoms with Gasteiger partial charge in [-0.2, -0.15) is 5.10 Å². The van der Waals surface area contributed by atoms with Crippen LogP contribution in [0, 0.1) is 0 Å². The predicted octanol–water partition coefficient (Wildman–Crippen LogP) is 2.19. The summed E-state index contributed by atoms with van der Waals surface area (Å²) in [5.41, 5.74) is 6.47. The van der Waals surface area contributed by atoms with Gasteiger partial charge >= 0.3 is 0 Å². The first-order chi connectivity index (χ1) is 11.7. The number of hydrogen-bond acceptors (Lipinski definition) is 4. The van der Waals surface area contributed by atoms with E-state index in [0.29, 0.717) is 6.04 Å². The molecule has 0 aliphatic carbocycles. The largest absolute Gasteiger partial charge is 0.378 e. The van der Waals surface area contributed by atoms with Crippen LogP contribution in [-0.4, -0.2) is 43.5 Å². The lowest BCUT2D eigenvalue weighted by Crippen LogP contribution is -2.32. The van der Waals surface area contributed by atoms with Crippen molar-refractivity contribution in [3.8, 4) is 11.3 Å². The Hall–Kier alpha value is -1.85. The normalized spacial score (nSPS) is 18.4. The zero-order valence-electron chi connectivity index (χ0n) is 14.7. The fraction of sp³-hybridized carbons (Fsp3) is 0.526. The minimum absolute atomic E-state index is 0.549. The molecule has 4 rings (SSSR count). The molecule has 1 aromatic heterocycles. The fourth-order valence-corrected chi connectivity index (χ4v) is 3.88. The van der Waals surface area contributed by atoms with Crippen LogP contribution in [0.15, 0.2) is 24.3 Å². The first-order valence-corrected chi connectivity index (χ1v) is 9.03. The maximum Gasteiger partial charge on any atom is 0.0971 e. The fourth-order valence-electron chi connectivity index (χ4n) is 3.88. The molecule has 0 atom stereocenters. The summed E-state index contributed by atoms with van der Waals surface area (Å²) in [4.78, 5) is 2.13. The van der Waals surface area contributed by atoms with E-state index >= 15 is 0 Å². The van der Waals surface area contributed by atoms with Gasteiger partial charge in [-0.05, 0) is 38.1 Å². The molecule has 0 saturated carbocycles. The Morgan fingerprint density at radius 2 is 1.79 bits per heavy atom. The third-order valence-electron chi connectivity index (χ3n) is 5.27. The van der Waals surface area contributed by atoms with Crippen molar-refractivity contribution in [1.29, 1.82) is 0 Å². The van der Waals surface area contributed by atoms with Crippen LogP contribution in [-0.2, 0) is 13.0 Å². The number of benzene rings is 1. The highest BCUT2D eigenvalue weighted by molar-refractivity contribution is 5.67. The van der Waals surface area contributed by atoms with Crippen LogP contribution in [0.5, 0.6) is 0 Å². The van der Waals surface area contributed by atoms with Gasteiger partial charge < -0.3 is 15.5 Å². The molecule has 1 saturated heterocycles. The van der Waals surface area contributed by atoms with Crippen LogP contribution in [0.25, 0.3) is 11.3 Å². The van der Waals surface area contributed by atoms with Gasteiger partial charge in [0.25, 0.3) is 0 Å². The Balaban J connectivity index is 1.73. The van der Waals surface area contributed by atoms with E-state index in [1.807, 2.05) is 0 Å². The van der Waals surface area contributed by atoms with Gasteiger partial charge in [-0.25, -0.2) is 0 Å². The first kappa shape index (κ1) is 15.7. The van der Waals surface area contributed by atoms with E-state index in [0.717, 1.165) is 32.6 Å². The highest BCUT2D eigenvalue weighted by atomic mass is 15.3. The summed E-state index contributed by atoms with van der Waals surface area (Å²) in [7, 11) is 4.15. The number of hydrogen-bond donors (Lipinski definition) is 2. The maximum absolute atomic E-state index is 5.10. The molecule has 0 amide bonds. The smallest absolute Gasteiger partial charge is 0.0971 e. The molecule has 2 aliphatic heterocycles. The predicted molar refractivity (Wildman–Crippen MR) is 98.5 cm³/mol. The lowest BCUT2D eigenvalue weighted by Gasteiger charge is -2.26. The average Bonchev–Trinajstić information content (AvgIpc) is 3.02. The van der Waals surface area contributed by atoms with Crippen molar-refractivity contribution < 1.29 is 0 Å². The number of piperidine rings is 1. The topological polar surface area (TPSA) is 45.1 Å². The second-order valence-electron chi connectivity index (χ2n) is 7.07. The van der Waals surface area contributed by atoms with Crippen molar-refractivity contribution in [2.75, 3.05) is 38.6 Å². The van der Waals surface area contributed by atoms with Crippen molar-refractivity contribution >= 4 is 5.69 Å². The summed E-state index contributed by atoms with van der Waals surface area (Å²) in [5, 5.41) is 12.1. The SMILES string of the molecule is CN(C)c1ccc(-c2nn(C3CCNCC3)c3c2CNCC3)cc1. The van der Waals surface area contributed by atoms with E-state index < -0.39 is 0 Å². The van der Waals surface area contributed by atoms with Crippen LogP contribution >= 0.6 is 0 Å². The Morgan fingerprint density at radius 3 is 2.50 bits per heavy atom. The molecule has 0 bridgehead atoms. The van der Waals surface area contributed by atoms with Crippen LogP contribution < -0.4 is 15.5 Å². The molecular formula is C19H27N5. The number of rotatable bonds is 3. The second-order valence-corrected chi connectivity index (χ2v) is 7.07. The Labute approximate surface area is 144 Å². The molecule has 0 unspecified atom stereocenters. The number of anilines is 1. The molecule has 3 heterocycles. The molecule has 0 spiro atoms. The van der Waals surface area contributed by atoms with Crippen LogP contribution in [0.2, 0.25) is 0 Å². The Bertz CT molecular complexity index is 695. The van der Waals surface area contributed by atoms with Crippen LogP contribution in [0.4, 0.5) is 5.69 Å². The third-order valence-corrected chi connectivity index (χ3v) is 5.27. The molecule has 128 valence electrons. The summed E-state index contributed by atoms with van der Waals surface area (Å²) >= 11 is 0. The quantitative estimate of drug-likeness (QED) is 0.908. The number of fused-ring (bicyclic) bond motifs is 1. The van der Waals surface area contributed by atoms with Crippen molar-refractivity contribution in [3.05, 3.63) is 35.5 Å². The van der Waals surface area contributed by atoms with Gasteiger partial charge in [-0.1, -0.05) is 12.1 Å². The van der Waals surface area contributed by atoms with Gasteiger partial charge in [0.1, 0.15) is 0 Å². The van der Waals surface area contributed by atoms with Gasteiger partial charge in [-0.15, -0.1) is 0 Å². The number of nitrogens with one attached hydrogen (secondary N) is 2. The second kappa shape index (κ2) is 6.57. The number of aromatic nitrogens is 2. The van der Waals surface area contributed by atoms with Crippen molar-refractivity contribution in [3.63, 3.8) is 0 Å². The van der Waals surface area contributed by atoms with Crippen LogP contribution in [0.3, 0.4) is 0 Å². The van der Waals surface area contributed by atoms with Gasteiger partial charge in [0, 0.05) is 56.1 Å². The maximum atomic E-state index is 5.10. The van der Waals surface area contributed by atoms with E-state index in [-0.39, 0.29) is 0 Å². The standard InChI is InChI=1S/C19H27N5/c1-23(2)15-5-3-14(4-6-15)19-17-13-21-12-9-18(17)24(22-19)16-7-10-20-11-8-16/h3-6,16,20-21H,7-13H2,1-2H3. The van der Waals surface area contributed by atoms with E-state index in [4.69, 9.17) is 5.10 Å². The minimum Gasteiger partial charge on any atom is -0.378 e.